The maximum atomic E-state index is 11.6. The lowest BCUT2D eigenvalue weighted by Crippen LogP contribution is -2.14. The smallest absolute Gasteiger partial charge is 0.311 e. The van der Waals surface area contributed by atoms with Crippen LogP contribution in [-0.2, 0) is 11.2 Å². The van der Waals surface area contributed by atoms with E-state index in [1.807, 2.05) is 63.2 Å². The summed E-state index contributed by atoms with van der Waals surface area (Å²) in [4.78, 5) is 11.6. The molecule has 0 heterocycles. The largest absolute Gasteiger partial charge is 0.494 e. The summed E-state index contributed by atoms with van der Waals surface area (Å²) < 4.78 is 5.41. The number of aryl methyl sites for hydroxylation is 2. The Kier molecular flexibility index (Phi) is 5.21. The van der Waals surface area contributed by atoms with E-state index >= 15 is 0 Å². The van der Waals surface area contributed by atoms with Crippen molar-refractivity contribution in [3.63, 3.8) is 0 Å². The summed E-state index contributed by atoms with van der Waals surface area (Å²) in [5.74, 6) is -0.515. The molecule has 3 nitrogen and oxygen atoms in total. The average Bonchev–Trinajstić information content (AvgIpc) is 2.49. The second kappa shape index (κ2) is 7.12. The van der Waals surface area contributed by atoms with Gasteiger partial charge in [0.15, 0.2) is 0 Å². The summed E-state index contributed by atoms with van der Waals surface area (Å²) in [5.41, 5.74) is 4.14. The number of hydrogen-bond acceptors (Lipinski definition) is 2. The van der Waals surface area contributed by atoms with E-state index in [0.29, 0.717) is 13.0 Å². The van der Waals surface area contributed by atoms with Crippen LogP contribution in [-0.4, -0.2) is 17.7 Å². The number of carboxylic acids is 1. The van der Waals surface area contributed by atoms with Gasteiger partial charge < -0.3 is 9.84 Å². The summed E-state index contributed by atoms with van der Waals surface area (Å²) in [7, 11) is 0. The van der Waals surface area contributed by atoms with Gasteiger partial charge in [0.1, 0.15) is 5.75 Å². The highest BCUT2D eigenvalue weighted by Crippen LogP contribution is 2.24. The molecule has 0 fully saturated rings. The van der Waals surface area contributed by atoms with Crippen molar-refractivity contribution in [2.24, 2.45) is 0 Å². The highest BCUT2D eigenvalue weighted by molar-refractivity contribution is 5.76. The third kappa shape index (κ3) is 3.88. The molecule has 0 aromatic heterocycles. The van der Waals surface area contributed by atoms with Gasteiger partial charge in [-0.2, -0.15) is 0 Å². The van der Waals surface area contributed by atoms with Crippen LogP contribution in [0.4, 0.5) is 0 Å². The molecule has 2 aromatic rings. The lowest BCUT2D eigenvalue weighted by Gasteiger charge is -2.15. The van der Waals surface area contributed by atoms with Crippen LogP contribution in [0.3, 0.4) is 0 Å². The van der Waals surface area contributed by atoms with E-state index in [4.69, 9.17) is 4.74 Å². The third-order valence-electron chi connectivity index (χ3n) is 3.91. The zero-order valence-electron chi connectivity index (χ0n) is 13.3. The van der Waals surface area contributed by atoms with Gasteiger partial charge in [-0.3, -0.25) is 4.79 Å². The number of benzene rings is 2. The minimum Gasteiger partial charge on any atom is -0.494 e. The monoisotopic (exact) mass is 298 g/mol. The van der Waals surface area contributed by atoms with Gasteiger partial charge in [0.25, 0.3) is 0 Å². The molecule has 0 saturated carbocycles. The molecule has 3 heteroatoms. The maximum absolute atomic E-state index is 11.6. The standard InChI is InChI=1S/C19H22O3/c1-4-22-17-9-6-15(7-10-17)12-18(19(20)21)16-8-5-13(2)14(3)11-16/h5-11,18H,4,12H2,1-3H3,(H,20,21). The number of rotatable bonds is 6. The molecule has 0 radical (unpaired) electrons. The van der Waals surface area contributed by atoms with Crippen LogP contribution in [0.15, 0.2) is 42.5 Å². The van der Waals surface area contributed by atoms with Crippen molar-refractivity contribution >= 4 is 5.97 Å². The first-order chi connectivity index (χ1) is 10.5. The molecule has 2 rings (SSSR count). The van der Waals surface area contributed by atoms with Crippen molar-refractivity contribution in [2.45, 2.75) is 33.1 Å². The van der Waals surface area contributed by atoms with Gasteiger partial charge in [0.2, 0.25) is 0 Å². The van der Waals surface area contributed by atoms with Gasteiger partial charge in [0.05, 0.1) is 12.5 Å². The number of hydrogen-bond donors (Lipinski definition) is 1. The van der Waals surface area contributed by atoms with Crippen molar-refractivity contribution in [1.82, 2.24) is 0 Å². The molecular formula is C19H22O3. The molecule has 1 unspecified atom stereocenters. The van der Waals surface area contributed by atoms with E-state index < -0.39 is 11.9 Å². The van der Waals surface area contributed by atoms with Crippen molar-refractivity contribution in [2.75, 3.05) is 6.61 Å². The second-order valence-electron chi connectivity index (χ2n) is 5.52. The number of ether oxygens (including phenoxy) is 1. The summed E-state index contributed by atoms with van der Waals surface area (Å²) in [6.07, 6.45) is 0.476. The zero-order valence-corrected chi connectivity index (χ0v) is 13.3. The quantitative estimate of drug-likeness (QED) is 0.873. The van der Waals surface area contributed by atoms with Crippen LogP contribution >= 0.6 is 0 Å². The van der Waals surface area contributed by atoms with Gasteiger partial charge in [0, 0.05) is 0 Å². The Hall–Kier alpha value is -2.29. The predicted molar refractivity (Wildman–Crippen MR) is 87.6 cm³/mol. The van der Waals surface area contributed by atoms with Crippen LogP contribution < -0.4 is 4.74 Å². The van der Waals surface area contributed by atoms with Crippen LogP contribution in [0.1, 0.15) is 35.1 Å². The predicted octanol–water partition coefficient (Wildman–Crippen LogP) is 4.11. The Morgan fingerprint density at radius 1 is 1.09 bits per heavy atom. The van der Waals surface area contributed by atoms with Gasteiger partial charge in [-0.1, -0.05) is 30.3 Å². The van der Waals surface area contributed by atoms with Gasteiger partial charge in [-0.05, 0) is 61.6 Å². The van der Waals surface area contributed by atoms with Crippen molar-refractivity contribution in [3.8, 4) is 5.75 Å². The number of carbonyl (C=O) groups is 1. The minimum absolute atomic E-state index is 0.476. The van der Waals surface area contributed by atoms with E-state index in [1.165, 1.54) is 5.56 Å². The second-order valence-corrected chi connectivity index (χ2v) is 5.52. The SMILES string of the molecule is CCOc1ccc(CC(C(=O)O)c2ccc(C)c(C)c2)cc1. The Morgan fingerprint density at radius 2 is 1.77 bits per heavy atom. The Balaban J connectivity index is 2.21. The Labute approximate surface area is 131 Å². The summed E-state index contributed by atoms with van der Waals surface area (Å²) in [5, 5.41) is 9.56. The maximum Gasteiger partial charge on any atom is 0.311 e. The molecule has 1 atom stereocenters. The van der Waals surface area contributed by atoms with Crippen molar-refractivity contribution in [3.05, 3.63) is 64.7 Å². The van der Waals surface area contributed by atoms with E-state index in [0.717, 1.165) is 22.4 Å². The third-order valence-corrected chi connectivity index (χ3v) is 3.91. The van der Waals surface area contributed by atoms with E-state index in [9.17, 15) is 9.90 Å². The fraction of sp³-hybridized carbons (Fsp3) is 0.316. The Bertz CT molecular complexity index is 644. The molecule has 0 aliphatic rings. The summed E-state index contributed by atoms with van der Waals surface area (Å²) in [6.45, 7) is 6.60. The molecule has 0 aliphatic heterocycles. The van der Waals surface area contributed by atoms with Gasteiger partial charge in [-0.25, -0.2) is 0 Å². The molecule has 1 N–H and O–H groups in total. The lowest BCUT2D eigenvalue weighted by molar-refractivity contribution is -0.138. The van der Waals surface area contributed by atoms with Gasteiger partial charge in [-0.15, -0.1) is 0 Å². The van der Waals surface area contributed by atoms with Crippen LogP contribution in [0.25, 0.3) is 0 Å². The van der Waals surface area contributed by atoms with E-state index in [-0.39, 0.29) is 0 Å². The van der Waals surface area contributed by atoms with Crippen molar-refractivity contribution < 1.29 is 14.6 Å². The minimum atomic E-state index is -0.794. The normalized spacial score (nSPS) is 12.0. The van der Waals surface area contributed by atoms with Crippen LogP contribution in [0.2, 0.25) is 0 Å². The molecule has 22 heavy (non-hydrogen) atoms. The molecule has 116 valence electrons. The lowest BCUT2D eigenvalue weighted by atomic mass is 9.90. The van der Waals surface area contributed by atoms with E-state index in [2.05, 4.69) is 0 Å². The number of carboxylic acid groups (broad SMARTS) is 1. The molecule has 0 saturated heterocycles. The first kappa shape index (κ1) is 16.1. The zero-order chi connectivity index (χ0) is 16.1. The fourth-order valence-electron chi connectivity index (χ4n) is 2.45. The molecule has 0 amide bonds. The highest BCUT2D eigenvalue weighted by Gasteiger charge is 2.20. The molecule has 2 aromatic carbocycles. The average molecular weight is 298 g/mol. The number of aliphatic carboxylic acids is 1. The Morgan fingerprint density at radius 3 is 2.32 bits per heavy atom. The van der Waals surface area contributed by atoms with Gasteiger partial charge >= 0.3 is 5.97 Å². The van der Waals surface area contributed by atoms with Crippen molar-refractivity contribution in [1.29, 1.82) is 0 Å². The fourth-order valence-corrected chi connectivity index (χ4v) is 2.45. The molecular weight excluding hydrogens is 276 g/mol. The topological polar surface area (TPSA) is 46.5 Å². The first-order valence-electron chi connectivity index (χ1n) is 7.53. The van der Waals surface area contributed by atoms with E-state index in [1.54, 1.807) is 0 Å². The molecule has 0 spiro atoms. The van der Waals surface area contributed by atoms with Crippen LogP contribution in [0.5, 0.6) is 5.75 Å². The highest BCUT2D eigenvalue weighted by atomic mass is 16.5. The molecule has 0 aliphatic carbocycles. The summed E-state index contributed by atoms with van der Waals surface area (Å²) >= 11 is 0. The molecule has 0 bridgehead atoms. The van der Waals surface area contributed by atoms with Crippen LogP contribution in [0, 0.1) is 13.8 Å². The summed E-state index contributed by atoms with van der Waals surface area (Å²) in [6, 6.07) is 13.5. The first-order valence-corrected chi connectivity index (χ1v) is 7.53.